The number of rotatable bonds is 2. The van der Waals surface area contributed by atoms with Gasteiger partial charge >= 0.3 is 11.6 Å². The van der Waals surface area contributed by atoms with Crippen molar-refractivity contribution in [2.24, 2.45) is 0 Å². The van der Waals surface area contributed by atoms with Crippen molar-refractivity contribution in [1.29, 1.82) is 0 Å². The molecule has 6 nitrogen and oxygen atoms in total. The minimum Gasteiger partial charge on any atom is -0.504 e. The van der Waals surface area contributed by atoms with Crippen molar-refractivity contribution in [3.8, 4) is 11.5 Å². The molecule has 1 aromatic heterocycles. The number of benzene rings is 1. The van der Waals surface area contributed by atoms with Crippen molar-refractivity contribution in [2.45, 2.75) is 6.92 Å². The molecule has 0 unspecified atom stereocenters. The Morgan fingerprint density at radius 1 is 1.28 bits per heavy atom. The van der Waals surface area contributed by atoms with Crippen molar-refractivity contribution in [2.75, 3.05) is 6.61 Å². The van der Waals surface area contributed by atoms with Crippen LogP contribution in [0.4, 0.5) is 0 Å². The van der Waals surface area contributed by atoms with Crippen LogP contribution in [0.2, 0.25) is 0 Å². The zero-order chi connectivity index (χ0) is 13.3. The second-order valence-electron chi connectivity index (χ2n) is 3.55. The molecule has 0 radical (unpaired) electrons. The molecule has 0 spiro atoms. The Kier molecular flexibility index (Phi) is 2.93. The molecular weight excluding hydrogens is 240 g/mol. The zero-order valence-corrected chi connectivity index (χ0v) is 9.47. The summed E-state index contributed by atoms with van der Waals surface area (Å²) in [5, 5.41) is 18.9. The smallest absolute Gasteiger partial charge is 0.351 e. The number of carbonyl (C=O) groups is 1. The Morgan fingerprint density at radius 2 is 1.94 bits per heavy atom. The lowest BCUT2D eigenvalue weighted by molar-refractivity contribution is 0.0522. The molecule has 6 heteroatoms. The number of fused-ring (bicyclic) bond motifs is 1. The van der Waals surface area contributed by atoms with E-state index >= 15 is 0 Å². The van der Waals surface area contributed by atoms with E-state index in [1.54, 1.807) is 6.92 Å². The Morgan fingerprint density at radius 3 is 2.61 bits per heavy atom. The number of phenols is 2. The van der Waals surface area contributed by atoms with Gasteiger partial charge in [-0.2, -0.15) is 0 Å². The first kappa shape index (κ1) is 12.0. The van der Waals surface area contributed by atoms with Gasteiger partial charge in [-0.15, -0.1) is 0 Å². The van der Waals surface area contributed by atoms with Crippen molar-refractivity contribution >= 4 is 16.9 Å². The number of hydrogen-bond donors (Lipinski definition) is 2. The molecule has 0 fully saturated rings. The van der Waals surface area contributed by atoms with E-state index in [0.717, 1.165) is 6.07 Å². The molecule has 94 valence electrons. The largest absolute Gasteiger partial charge is 0.504 e. The van der Waals surface area contributed by atoms with Gasteiger partial charge in [0.25, 0.3) is 0 Å². The maximum Gasteiger partial charge on any atom is 0.351 e. The van der Waals surface area contributed by atoms with Crippen LogP contribution in [0.1, 0.15) is 17.3 Å². The van der Waals surface area contributed by atoms with Crippen LogP contribution in [0, 0.1) is 0 Å². The second kappa shape index (κ2) is 4.40. The van der Waals surface area contributed by atoms with E-state index in [9.17, 15) is 19.8 Å². The molecule has 0 bridgehead atoms. The number of carbonyl (C=O) groups excluding carboxylic acids is 1. The highest BCUT2D eigenvalue weighted by Crippen LogP contribution is 2.29. The third-order valence-electron chi connectivity index (χ3n) is 2.32. The summed E-state index contributed by atoms with van der Waals surface area (Å²) in [5.74, 6) is -1.57. The van der Waals surface area contributed by atoms with Crippen molar-refractivity contribution in [1.82, 2.24) is 0 Å². The summed E-state index contributed by atoms with van der Waals surface area (Å²) in [6, 6.07) is 3.54. The molecule has 0 aliphatic carbocycles. The number of ether oxygens (including phenoxy) is 1. The van der Waals surface area contributed by atoms with E-state index < -0.39 is 17.3 Å². The summed E-state index contributed by atoms with van der Waals surface area (Å²) in [4.78, 5) is 23.0. The Balaban J connectivity index is 2.65. The van der Waals surface area contributed by atoms with Crippen molar-refractivity contribution in [3.63, 3.8) is 0 Å². The van der Waals surface area contributed by atoms with Gasteiger partial charge in [0, 0.05) is 11.5 Å². The minimum atomic E-state index is -0.856. The summed E-state index contributed by atoms with van der Waals surface area (Å²) >= 11 is 0. The average Bonchev–Trinajstić information content (AvgIpc) is 2.31. The van der Waals surface area contributed by atoms with Gasteiger partial charge in [0.2, 0.25) is 0 Å². The van der Waals surface area contributed by atoms with Gasteiger partial charge in [-0.3, -0.25) is 0 Å². The van der Waals surface area contributed by atoms with Gasteiger partial charge in [-0.05, 0) is 19.1 Å². The molecular formula is C12H10O6. The lowest BCUT2D eigenvalue weighted by Crippen LogP contribution is -2.16. The summed E-state index contributed by atoms with van der Waals surface area (Å²) in [7, 11) is 0. The first-order chi connectivity index (χ1) is 8.52. The van der Waals surface area contributed by atoms with E-state index in [2.05, 4.69) is 0 Å². The van der Waals surface area contributed by atoms with Gasteiger partial charge in [0.15, 0.2) is 11.5 Å². The van der Waals surface area contributed by atoms with Crippen molar-refractivity contribution < 1.29 is 24.2 Å². The van der Waals surface area contributed by atoms with E-state index in [1.165, 1.54) is 12.1 Å². The van der Waals surface area contributed by atoms with Gasteiger partial charge in [0.1, 0.15) is 11.1 Å². The van der Waals surface area contributed by atoms with Crippen LogP contribution in [0.3, 0.4) is 0 Å². The monoisotopic (exact) mass is 250 g/mol. The minimum absolute atomic E-state index is 0.0725. The molecule has 0 aliphatic rings. The molecule has 2 aromatic rings. The lowest BCUT2D eigenvalue weighted by Gasteiger charge is -2.03. The van der Waals surface area contributed by atoms with Crippen LogP contribution in [0.25, 0.3) is 11.0 Å². The molecule has 2 rings (SSSR count). The second-order valence-corrected chi connectivity index (χ2v) is 3.55. The molecule has 2 N–H and O–H groups in total. The summed E-state index contributed by atoms with van der Waals surface area (Å²) < 4.78 is 9.57. The predicted molar refractivity (Wildman–Crippen MR) is 61.8 cm³/mol. The summed E-state index contributed by atoms with van der Waals surface area (Å²) in [6.45, 7) is 1.75. The Hall–Kier alpha value is -2.50. The molecule has 0 atom stereocenters. The maximum atomic E-state index is 11.5. The van der Waals surface area contributed by atoms with Gasteiger partial charge in [0.05, 0.1) is 6.61 Å². The molecule has 0 aliphatic heterocycles. The van der Waals surface area contributed by atoms with Gasteiger partial charge in [-0.25, -0.2) is 9.59 Å². The van der Waals surface area contributed by atoms with E-state index in [0.29, 0.717) is 5.39 Å². The van der Waals surface area contributed by atoms with Crippen LogP contribution in [-0.4, -0.2) is 22.8 Å². The van der Waals surface area contributed by atoms with Crippen LogP contribution in [0.15, 0.2) is 27.4 Å². The highest BCUT2D eigenvalue weighted by molar-refractivity contribution is 5.93. The Bertz CT molecular complexity index is 670. The van der Waals surface area contributed by atoms with E-state index in [-0.39, 0.29) is 23.5 Å². The number of phenolic OH excluding ortho intramolecular Hbond substituents is 2. The summed E-state index contributed by atoms with van der Waals surface area (Å²) in [5.41, 5.74) is -1.04. The molecule has 1 aromatic carbocycles. The zero-order valence-electron chi connectivity index (χ0n) is 9.47. The predicted octanol–water partition coefficient (Wildman–Crippen LogP) is 1.38. The number of hydrogen-bond acceptors (Lipinski definition) is 6. The molecule has 0 amide bonds. The Labute approximate surface area is 101 Å². The van der Waals surface area contributed by atoms with Crippen LogP contribution in [-0.2, 0) is 4.74 Å². The fourth-order valence-electron chi connectivity index (χ4n) is 1.50. The van der Waals surface area contributed by atoms with Crippen LogP contribution >= 0.6 is 0 Å². The van der Waals surface area contributed by atoms with Crippen molar-refractivity contribution in [3.05, 3.63) is 34.2 Å². The topological polar surface area (TPSA) is 97.0 Å². The fraction of sp³-hybridized carbons (Fsp3) is 0.167. The van der Waals surface area contributed by atoms with E-state index in [1.807, 2.05) is 0 Å². The summed E-state index contributed by atoms with van der Waals surface area (Å²) in [6.07, 6.45) is 0. The highest BCUT2D eigenvalue weighted by atomic mass is 16.5. The SMILES string of the molecule is CCOC(=O)c1cc2cc(O)c(O)cc2oc1=O. The maximum absolute atomic E-state index is 11.5. The van der Waals surface area contributed by atoms with Crippen LogP contribution < -0.4 is 5.63 Å². The normalized spacial score (nSPS) is 10.5. The standard InChI is InChI=1S/C12H10O6/c1-2-17-11(15)7-3-6-4-8(13)9(14)5-10(6)18-12(7)16/h3-5,13-14H,2H2,1H3. The molecule has 18 heavy (non-hydrogen) atoms. The number of esters is 1. The van der Waals surface area contributed by atoms with Gasteiger partial charge in [-0.1, -0.05) is 0 Å². The third-order valence-corrected chi connectivity index (χ3v) is 2.32. The lowest BCUT2D eigenvalue weighted by atomic mass is 10.1. The van der Waals surface area contributed by atoms with E-state index in [4.69, 9.17) is 9.15 Å². The van der Waals surface area contributed by atoms with Crippen LogP contribution in [0.5, 0.6) is 11.5 Å². The van der Waals surface area contributed by atoms with Gasteiger partial charge < -0.3 is 19.4 Å². The highest BCUT2D eigenvalue weighted by Gasteiger charge is 2.15. The quantitative estimate of drug-likeness (QED) is 0.474. The number of aromatic hydroxyl groups is 2. The molecule has 0 saturated carbocycles. The molecule has 1 heterocycles. The first-order valence-corrected chi connectivity index (χ1v) is 5.20. The fourth-order valence-corrected chi connectivity index (χ4v) is 1.50. The third kappa shape index (κ3) is 2.00. The average molecular weight is 250 g/mol. The molecule has 0 saturated heterocycles. The first-order valence-electron chi connectivity index (χ1n) is 5.20.